The fourth-order valence-corrected chi connectivity index (χ4v) is 3.06. The van der Waals surface area contributed by atoms with E-state index in [1.165, 1.54) is 4.31 Å². The molecule has 126 valence electrons. The van der Waals surface area contributed by atoms with Gasteiger partial charge in [-0.15, -0.1) is 0 Å². The molecule has 1 aliphatic heterocycles. The Morgan fingerprint density at radius 1 is 1.14 bits per heavy atom. The summed E-state index contributed by atoms with van der Waals surface area (Å²) in [5.41, 5.74) is 0. The van der Waals surface area contributed by atoms with Crippen molar-refractivity contribution in [3.63, 3.8) is 0 Å². The molecule has 0 spiro atoms. The molecule has 21 heavy (non-hydrogen) atoms. The molecule has 8 heteroatoms. The summed E-state index contributed by atoms with van der Waals surface area (Å²) >= 11 is 0. The fraction of sp³-hybridized carbons (Fsp3) is 1.00. The number of rotatable bonds is 10. The van der Waals surface area contributed by atoms with Crippen molar-refractivity contribution in [2.45, 2.75) is 26.4 Å². The van der Waals surface area contributed by atoms with Gasteiger partial charge in [0.15, 0.2) is 0 Å². The highest BCUT2D eigenvalue weighted by atomic mass is 32.2. The minimum atomic E-state index is -3.37. The maximum absolute atomic E-state index is 12.0. The zero-order valence-corrected chi connectivity index (χ0v) is 14.2. The molecule has 1 aliphatic rings. The Labute approximate surface area is 128 Å². The van der Waals surface area contributed by atoms with Crippen molar-refractivity contribution in [3.8, 4) is 0 Å². The second kappa shape index (κ2) is 9.70. The normalized spacial score (nSPS) is 19.8. The Morgan fingerprint density at radius 2 is 1.81 bits per heavy atom. The predicted octanol–water partition coefficient (Wildman–Crippen LogP) is -0.100. The summed E-state index contributed by atoms with van der Waals surface area (Å²) in [6.45, 7) is 8.37. The second-order valence-corrected chi connectivity index (χ2v) is 7.06. The van der Waals surface area contributed by atoms with Crippen molar-refractivity contribution in [2.24, 2.45) is 0 Å². The Balaban J connectivity index is 2.08. The lowest BCUT2D eigenvalue weighted by atomic mass is 10.3. The molecule has 1 fully saturated rings. The molecule has 7 nitrogen and oxygen atoms in total. The van der Waals surface area contributed by atoms with Crippen molar-refractivity contribution in [1.29, 1.82) is 0 Å². The van der Waals surface area contributed by atoms with Gasteiger partial charge in [0.2, 0.25) is 0 Å². The molecular weight excluding hydrogens is 294 g/mol. The quantitative estimate of drug-likeness (QED) is 0.569. The van der Waals surface area contributed by atoms with Gasteiger partial charge in [-0.1, -0.05) is 6.92 Å². The van der Waals surface area contributed by atoms with Gasteiger partial charge in [0.05, 0.1) is 25.9 Å². The van der Waals surface area contributed by atoms with Gasteiger partial charge < -0.3 is 14.4 Å². The Bertz CT molecular complexity index is 370. The lowest BCUT2D eigenvalue weighted by molar-refractivity contribution is 0.0125. The Hall–Kier alpha value is -0.250. The van der Waals surface area contributed by atoms with Crippen LogP contribution < -0.4 is 4.72 Å². The summed E-state index contributed by atoms with van der Waals surface area (Å²) in [6, 6.07) is 0. The van der Waals surface area contributed by atoms with Gasteiger partial charge in [0.1, 0.15) is 0 Å². The second-order valence-electron chi connectivity index (χ2n) is 5.30. The molecule has 0 aromatic rings. The summed E-state index contributed by atoms with van der Waals surface area (Å²) in [4.78, 5) is 2.12. The number of nitrogens with one attached hydrogen (secondary N) is 1. The van der Waals surface area contributed by atoms with Crippen molar-refractivity contribution in [3.05, 3.63) is 0 Å². The van der Waals surface area contributed by atoms with Gasteiger partial charge >= 0.3 is 0 Å². The fourth-order valence-electron chi connectivity index (χ4n) is 1.89. The Morgan fingerprint density at radius 3 is 2.43 bits per heavy atom. The van der Waals surface area contributed by atoms with Gasteiger partial charge in [-0.25, -0.2) is 0 Å². The summed E-state index contributed by atoms with van der Waals surface area (Å²) in [6.07, 6.45) is 1.22. The summed E-state index contributed by atoms with van der Waals surface area (Å²) in [7, 11) is -1.38. The average molecular weight is 323 g/mol. The largest absolute Gasteiger partial charge is 0.378 e. The molecule has 0 aromatic carbocycles. The highest BCUT2D eigenvalue weighted by Crippen LogP contribution is 2.03. The lowest BCUT2D eigenvalue weighted by Crippen LogP contribution is -2.51. The first-order valence-electron chi connectivity index (χ1n) is 7.58. The third-order valence-electron chi connectivity index (χ3n) is 3.54. The first-order valence-corrected chi connectivity index (χ1v) is 9.02. The van der Waals surface area contributed by atoms with Crippen LogP contribution in [-0.2, 0) is 19.7 Å². The minimum absolute atomic E-state index is 0.240. The molecule has 1 saturated heterocycles. The van der Waals surface area contributed by atoms with E-state index in [2.05, 4.69) is 16.5 Å². The van der Waals surface area contributed by atoms with Gasteiger partial charge in [0, 0.05) is 32.7 Å². The number of ether oxygens (including phenoxy) is 2. The first kappa shape index (κ1) is 18.8. The maximum atomic E-state index is 12.0. The average Bonchev–Trinajstić information content (AvgIpc) is 2.46. The van der Waals surface area contributed by atoms with Crippen LogP contribution >= 0.6 is 0 Å². The van der Waals surface area contributed by atoms with E-state index in [1.807, 2.05) is 14.0 Å². The summed E-state index contributed by atoms with van der Waals surface area (Å²) < 4.78 is 38.9. The van der Waals surface area contributed by atoms with Gasteiger partial charge in [0.25, 0.3) is 10.2 Å². The topological polar surface area (TPSA) is 71.1 Å². The molecule has 1 N–H and O–H groups in total. The van der Waals surface area contributed by atoms with E-state index >= 15 is 0 Å². The van der Waals surface area contributed by atoms with Crippen LogP contribution in [0.4, 0.5) is 0 Å². The standard InChI is InChI=1S/C13H29N3O4S/c1-4-13(2)20-12-11-19-10-5-14-21(17,18)16-8-6-15(3)7-9-16/h13-14H,4-12H2,1-3H3. The molecule has 0 bridgehead atoms. The molecule has 0 aromatic heterocycles. The van der Waals surface area contributed by atoms with Crippen LogP contribution in [0.1, 0.15) is 20.3 Å². The highest BCUT2D eigenvalue weighted by molar-refractivity contribution is 7.87. The van der Waals surface area contributed by atoms with Gasteiger partial charge in [-0.3, -0.25) is 0 Å². The molecule has 1 rings (SSSR count). The zero-order valence-electron chi connectivity index (χ0n) is 13.4. The van der Waals surface area contributed by atoms with E-state index in [1.54, 1.807) is 0 Å². The molecule has 0 radical (unpaired) electrons. The van der Waals surface area contributed by atoms with Crippen LogP contribution in [0.25, 0.3) is 0 Å². The highest BCUT2D eigenvalue weighted by Gasteiger charge is 2.24. The summed E-state index contributed by atoms with van der Waals surface area (Å²) in [5, 5.41) is 0. The van der Waals surface area contributed by atoms with Crippen LogP contribution in [0, 0.1) is 0 Å². The van der Waals surface area contributed by atoms with Crippen molar-refractivity contribution in [2.75, 3.05) is 59.6 Å². The summed E-state index contributed by atoms with van der Waals surface area (Å²) in [5.74, 6) is 0. The number of hydrogen-bond acceptors (Lipinski definition) is 5. The van der Waals surface area contributed by atoms with Crippen LogP contribution in [-0.4, -0.2) is 83.3 Å². The molecule has 1 heterocycles. The molecule has 0 aliphatic carbocycles. The lowest BCUT2D eigenvalue weighted by Gasteiger charge is -2.31. The van der Waals surface area contributed by atoms with E-state index in [9.17, 15) is 8.42 Å². The van der Waals surface area contributed by atoms with Crippen LogP contribution in [0.15, 0.2) is 0 Å². The van der Waals surface area contributed by atoms with E-state index in [0.29, 0.717) is 32.9 Å². The monoisotopic (exact) mass is 323 g/mol. The van der Waals surface area contributed by atoms with E-state index in [0.717, 1.165) is 19.5 Å². The number of hydrogen-bond donors (Lipinski definition) is 1. The van der Waals surface area contributed by atoms with Crippen molar-refractivity contribution >= 4 is 10.2 Å². The van der Waals surface area contributed by atoms with Crippen LogP contribution in [0.5, 0.6) is 0 Å². The van der Waals surface area contributed by atoms with Crippen LogP contribution in [0.2, 0.25) is 0 Å². The van der Waals surface area contributed by atoms with Crippen LogP contribution in [0.3, 0.4) is 0 Å². The van der Waals surface area contributed by atoms with E-state index < -0.39 is 10.2 Å². The molecule has 1 atom stereocenters. The molecule has 1 unspecified atom stereocenters. The zero-order chi connectivity index (χ0) is 15.7. The molecule has 0 saturated carbocycles. The van der Waals surface area contributed by atoms with Gasteiger partial charge in [-0.2, -0.15) is 17.4 Å². The van der Waals surface area contributed by atoms with Gasteiger partial charge in [-0.05, 0) is 20.4 Å². The Kier molecular flexibility index (Phi) is 8.69. The van der Waals surface area contributed by atoms with E-state index in [4.69, 9.17) is 9.47 Å². The maximum Gasteiger partial charge on any atom is 0.279 e. The number of likely N-dealkylation sites (N-methyl/N-ethyl adjacent to an activating group) is 1. The molecular formula is C13H29N3O4S. The first-order chi connectivity index (χ1) is 9.95. The minimum Gasteiger partial charge on any atom is -0.378 e. The predicted molar refractivity (Wildman–Crippen MR) is 82.5 cm³/mol. The molecule has 0 amide bonds. The number of piperazine rings is 1. The van der Waals surface area contributed by atoms with Crippen molar-refractivity contribution < 1.29 is 17.9 Å². The SMILES string of the molecule is CCC(C)OCCOCCNS(=O)(=O)N1CCN(C)CC1. The van der Waals surface area contributed by atoms with E-state index in [-0.39, 0.29) is 12.6 Å². The number of nitrogens with zero attached hydrogens (tertiary/aromatic N) is 2. The third kappa shape index (κ3) is 7.53. The third-order valence-corrected chi connectivity index (χ3v) is 5.15. The smallest absolute Gasteiger partial charge is 0.279 e. The van der Waals surface area contributed by atoms with Crippen molar-refractivity contribution in [1.82, 2.24) is 13.9 Å².